The number of hydrogen-bond acceptors (Lipinski definition) is 3. The Morgan fingerprint density at radius 1 is 1.22 bits per heavy atom. The van der Waals surface area contributed by atoms with Gasteiger partial charge in [-0.2, -0.15) is 0 Å². The highest BCUT2D eigenvalue weighted by atomic mass is 15.3. The average Bonchev–Trinajstić information content (AvgIpc) is 3.16. The zero-order valence-electron chi connectivity index (χ0n) is 11.4. The van der Waals surface area contributed by atoms with Gasteiger partial charge in [-0.25, -0.2) is 0 Å². The van der Waals surface area contributed by atoms with Gasteiger partial charge in [0.2, 0.25) is 0 Å². The van der Waals surface area contributed by atoms with Crippen molar-refractivity contribution >= 4 is 0 Å². The summed E-state index contributed by atoms with van der Waals surface area (Å²) in [5.74, 6) is 3.24. The molecule has 0 aromatic carbocycles. The minimum absolute atomic E-state index is 0.482. The normalized spacial score (nSPS) is 23.1. The van der Waals surface area contributed by atoms with Crippen LogP contribution in [0.1, 0.15) is 63.1 Å². The van der Waals surface area contributed by atoms with Gasteiger partial charge in [-0.15, -0.1) is 10.2 Å². The SMILES string of the molecule is CCCCCCc1nnc2n1CCNC2C1CC1. The van der Waals surface area contributed by atoms with Gasteiger partial charge in [0.15, 0.2) is 5.82 Å². The predicted octanol–water partition coefficient (Wildman–Crippen LogP) is 2.46. The molecule has 2 aliphatic rings. The molecule has 1 aliphatic heterocycles. The van der Waals surface area contributed by atoms with E-state index in [2.05, 4.69) is 27.0 Å². The molecule has 0 saturated heterocycles. The number of rotatable bonds is 6. The lowest BCUT2D eigenvalue weighted by Gasteiger charge is -2.25. The van der Waals surface area contributed by atoms with Crippen molar-refractivity contribution in [2.75, 3.05) is 6.54 Å². The van der Waals surface area contributed by atoms with E-state index < -0.39 is 0 Å². The van der Waals surface area contributed by atoms with Gasteiger partial charge in [0.05, 0.1) is 6.04 Å². The third kappa shape index (κ3) is 2.44. The Labute approximate surface area is 109 Å². The molecule has 1 saturated carbocycles. The third-order valence-corrected chi connectivity index (χ3v) is 4.18. The minimum Gasteiger partial charge on any atom is -0.312 e. The van der Waals surface area contributed by atoms with Gasteiger partial charge in [0.25, 0.3) is 0 Å². The van der Waals surface area contributed by atoms with Crippen LogP contribution in [0.5, 0.6) is 0 Å². The number of nitrogens with one attached hydrogen (secondary N) is 1. The molecule has 0 bridgehead atoms. The average molecular weight is 248 g/mol. The molecule has 4 nitrogen and oxygen atoms in total. The topological polar surface area (TPSA) is 42.7 Å². The molecule has 18 heavy (non-hydrogen) atoms. The van der Waals surface area contributed by atoms with Gasteiger partial charge in [0.1, 0.15) is 5.82 Å². The first-order valence-corrected chi connectivity index (χ1v) is 7.55. The second-order valence-corrected chi connectivity index (χ2v) is 5.71. The van der Waals surface area contributed by atoms with Gasteiger partial charge >= 0.3 is 0 Å². The van der Waals surface area contributed by atoms with E-state index in [-0.39, 0.29) is 0 Å². The molecule has 1 atom stereocenters. The van der Waals surface area contributed by atoms with Crippen molar-refractivity contribution < 1.29 is 0 Å². The smallest absolute Gasteiger partial charge is 0.150 e. The number of hydrogen-bond donors (Lipinski definition) is 1. The van der Waals surface area contributed by atoms with Crippen LogP contribution >= 0.6 is 0 Å². The Morgan fingerprint density at radius 2 is 2.11 bits per heavy atom. The molecule has 0 spiro atoms. The standard InChI is InChI=1S/C14H24N4/c1-2-3-4-5-6-12-16-17-14-13(11-7-8-11)15-9-10-18(12)14/h11,13,15H,2-10H2,1H3. The highest BCUT2D eigenvalue weighted by Gasteiger charge is 2.37. The van der Waals surface area contributed by atoms with Gasteiger partial charge in [-0.3, -0.25) is 0 Å². The van der Waals surface area contributed by atoms with Crippen molar-refractivity contribution in [3.05, 3.63) is 11.6 Å². The summed E-state index contributed by atoms with van der Waals surface area (Å²) >= 11 is 0. The Bertz CT molecular complexity index is 394. The maximum absolute atomic E-state index is 4.45. The molecule has 4 heteroatoms. The quantitative estimate of drug-likeness (QED) is 0.786. The maximum atomic E-state index is 4.45. The molecule has 1 aromatic heterocycles. The lowest BCUT2D eigenvalue weighted by molar-refractivity contribution is 0.376. The molecule has 2 heterocycles. The molecule has 3 rings (SSSR count). The van der Waals surface area contributed by atoms with Crippen molar-refractivity contribution in [1.29, 1.82) is 0 Å². The number of aryl methyl sites for hydroxylation is 1. The first-order valence-electron chi connectivity index (χ1n) is 7.55. The fourth-order valence-corrected chi connectivity index (χ4v) is 2.95. The Kier molecular flexibility index (Phi) is 3.64. The number of fused-ring (bicyclic) bond motifs is 1. The summed E-state index contributed by atoms with van der Waals surface area (Å²) in [6, 6.07) is 0.482. The number of aromatic nitrogens is 3. The van der Waals surface area contributed by atoms with Crippen LogP contribution in [0.3, 0.4) is 0 Å². The highest BCUT2D eigenvalue weighted by molar-refractivity contribution is 5.08. The fourth-order valence-electron chi connectivity index (χ4n) is 2.95. The van der Waals surface area contributed by atoms with Crippen molar-refractivity contribution in [1.82, 2.24) is 20.1 Å². The minimum atomic E-state index is 0.482. The maximum Gasteiger partial charge on any atom is 0.150 e. The van der Waals surface area contributed by atoms with Gasteiger partial charge in [-0.1, -0.05) is 26.2 Å². The first-order chi connectivity index (χ1) is 8.90. The van der Waals surface area contributed by atoms with Crippen LogP contribution in [0.4, 0.5) is 0 Å². The van der Waals surface area contributed by atoms with Crippen molar-refractivity contribution in [2.24, 2.45) is 5.92 Å². The summed E-state index contributed by atoms with van der Waals surface area (Å²) < 4.78 is 2.38. The molecule has 1 fully saturated rings. The van der Waals surface area contributed by atoms with E-state index >= 15 is 0 Å². The molecule has 1 N–H and O–H groups in total. The monoisotopic (exact) mass is 248 g/mol. The van der Waals surface area contributed by atoms with Crippen LogP contribution in [-0.4, -0.2) is 21.3 Å². The second-order valence-electron chi connectivity index (χ2n) is 5.71. The molecule has 0 amide bonds. The van der Waals surface area contributed by atoms with E-state index in [9.17, 15) is 0 Å². The van der Waals surface area contributed by atoms with Crippen LogP contribution in [0.2, 0.25) is 0 Å². The van der Waals surface area contributed by atoms with E-state index in [1.165, 1.54) is 50.2 Å². The van der Waals surface area contributed by atoms with E-state index in [1.807, 2.05) is 0 Å². The summed E-state index contributed by atoms with van der Waals surface area (Å²) in [5, 5.41) is 12.5. The summed E-state index contributed by atoms with van der Waals surface area (Å²) in [5.41, 5.74) is 0. The molecule has 1 unspecified atom stereocenters. The molecular weight excluding hydrogens is 224 g/mol. The van der Waals surface area contributed by atoms with Gasteiger partial charge < -0.3 is 9.88 Å². The lowest BCUT2D eigenvalue weighted by atomic mass is 10.1. The van der Waals surface area contributed by atoms with E-state index in [0.29, 0.717) is 6.04 Å². The van der Waals surface area contributed by atoms with E-state index in [4.69, 9.17) is 0 Å². The summed E-state index contributed by atoms with van der Waals surface area (Å²) in [7, 11) is 0. The largest absolute Gasteiger partial charge is 0.312 e. The fraction of sp³-hybridized carbons (Fsp3) is 0.857. The van der Waals surface area contributed by atoms with Crippen LogP contribution in [0.15, 0.2) is 0 Å². The molecule has 0 radical (unpaired) electrons. The first kappa shape index (κ1) is 12.2. The zero-order valence-corrected chi connectivity index (χ0v) is 11.4. The Balaban J connectivity index is 1.65. The molecule has 100 valence electrons. The molecule has 1 aromatic rings. The van der Waals surface area contributed by atoms with E-state index in [1.54, 1.807) is 0 Å². The summed E-state index contributed by atoms with van der Waals surface area (Å²) in [6.07, 6.45) is 9.03. The van der Waals surface area contributed by atoms with Crippen LogP contribution in [0, 0.1) is 5.92 Å². The van der Waals surface area contributed by atoms with Crippen LogP contribution in [-0.2, 0) is 13.0 Å². The predicted molar refractivity (Wildman–Crippen MR) is 71.3 cm³/mol. The van der Waals surface area contributed by atoms with Gasteiger partial charge in [-0.05, 0) is 25.2 Å². The Morgan fingerprint density at radius 3 is 2.89 bits per heavy atom. The number of nitrogens with zero attached hydrogens (tertiary/aromatic N) is 3. The lowest BCUT2D eigenvalue weighted by Crippen LogP contribution is -2.35. The van der Waals surface area contributed by atoms with Gasteiger partial charge in [0, 0.05) is 19.5 Å². The summed E-state index contributed by atoms with van der Waals surface area (Å²) in [6.45, 7) is 4.38. The van der Waals surface area contributed by atoms with Crippen molar-refractivity contribution in [2.45, 2.75) is 64.5 Å². The van der Waals surface area contributed by atoms with E-state index in [0.717, 1.165) is 25.4 Å². The van der Waals surface area contributed by atoms with Crippen molar-refractivity contribution in [3.8, 4) is 0 Å². The molecular formula is C14H24N4. The van der Waals surface area contributed by atoms with Crippen LogP contribution < -0.4 is 5.32 Å². The zero-order chi connectivity index (χ0) is 12.4. The summed E-state index contributed by atoms with van der Waals surface area (Å²) in [4.78, 5) is 0. The van der Waals surface area contributed by atoms with Crippen molar-refractivity contribution in [3.63, 3.8) is 0 Å². The second kappa shape index (κ2) is 5.39. The Hall–Kier alpha value is -0.900. The van der Waals surface area contributed by atoms with Crippen LogP contribution in [0.25, 0.3) is 0 Å². The third-order valence-electron chi connectivity index (χ3n) is 4.18. The molecule has 1 aliphatic carbocycles. The highest BCUT2D eigenvalue weighted by Crippen LogP contribution is 2.41. The number of unbranched alkanes of at least 4 members (excludes halogenated alkanes) is 3.